The van der Waals surface area contributed by atoms with Gasteiger partial charge in [0.2, 0.25) is 0 Å². The minimum atomic E-state index is -0.106. The molecule has 1 aromatic rings. The molecule has 0 aliphatic heterocycles. The lowest BCUT2D eigenvalue weighted by Crippen LogP contribution is -2.49. The highest BCUT2D eigenvalue weighted by molar-refractivity contribution is 5.72. The van der Waals surface area contributed by atoms with Crippen LogP contribution in [0.15, 0.2) is 42.3 Å². The predicted molar refractivity (Wildman–Crippen MR) is 105 cm³/mol. The summed E-state index contributed by atoms with van der Waals surface area (Å²) >= 11 is 0. The van der Waals surface area contributed by atoms with Crippen LogP contribution in [0.1, 0.15) is 64.4 Å². The van der Waals surface area contributed by atoms with Gasteiger partial charge in [0, 0.05) is 12.4 Å². The van der Waals surface area contributed by atoms with Gasteiger partial charge in [-0.1, -0.05) is 37.6 Å². The Morgan fingerprint density at radius 2 is 1.88 bits per heavy atom. The number of aromatic nitrogens is 1. The van der Waals surface area contributed by atoms with Crippen molar-refractivity contribution in [3.8, 4) is 0 Å². The number of hydrogen-bond donors (Lipinski definition) is 1. The number of aliphatic hydroxyl groups excluding tert-OH is 1. The molecule has 1 aromatic heterocycles. The molecule has 0 unspecified atom stereocenters. The molecule has 0 saturated heterocycles. The first-order valence-electron chi connectivity index (χ1n) is 10.5. The standard InChI is InChI=1S/C24H31NO/c1-23-11-9-18(26)14-17(23)5-6-19-21-8-7-20(16-4-3-13-25-15-16)24(21,2)12-10-22(19)23/h3-5,7,13,15,18-19,21-22,26H,6,8-12,14H2,1-2H3/t18-,19-,21-,22+,23+,24+/m0/s1. The number of rotatable bonds is 1. The molecule has 4 aliphatic carbocycles. The lowest BCUT2D eigenvalue weighted by Gasteiger charge is -2.57. The molecule has 2 nitrogen and oxygen atoms in total. The van der Waals surface area contributed by atoms with Gasteiger partial charge in [0.1, 0.15) is 0 Å². The van der Waals surface area contributed by atoms with Crippen molar-refractivity contribution in [2.24, 2.45) is 28.6 Å². The Morgan fingerprint density at radius 3 is 2.69 bits per heavy atom. The van der Waals surface area contributed by atoms with Gasteiger partial charge < -0.3 is 5.11 Å². The molecular weight excluding hydrogens is 318 g/mol. The maximum absolute atomic E-state index is 10.2. The quantitative estimate of drug-likeness (QED) is 0.689. The molecule has 1 heterocycles. The zero-order valence-corrected chi connectivity index (χ0v) is 16.1. The molecular formula is C24H31NO. The molecule has 2 heteroatoms. The van der Waals surface area contributed by atoms with Crippen LogP contribution in [-0.4, -0.2) is 16.2 Å². The third kappa shape index (κ3) is 2.24. The molecule has 0 amide bonds. The van der Waals surface area contributed by atoms with E-state index in [-0.39, 0.29) is 6.10 Å². The number of pyridine rings is 1. The number of fused-ring (bicyclic) bond motifs is 5. The van der Waals surface area contributed by atoms with Gasteiger partial charge in [0.15, 0.2) is 0 Å². The van der Waals surface area contributed by atoms with Gasteiger partial charge in [0.25, 0.3) is 0 Å². The van der Waals surface area contributed by atoms with E-state index in [2.05, 4.69) is 43.1 Å². The predicted octanol–water partition coefficient (Wildman–Crippen LogP) is 5.40. The Labute approximate surface area is 157 Å². The van der Waals surface area contributed by atoms with Crippen molar-refractivity contribution in [2.45, 2.75) is 64.9 Å². The summed E-state index contributed by atoms with van der Waals surface area (Å²) in [6.07, 6.45) is 17.0. The molecule has 2 fully saturated rings. The molecule has 0 bridgehead atoms. The van der Waals surface area contributed by atoms with E-state index < -0.39 is 0 Å². The fourth-order valence-corrected chi connectivity index (χ4v) is 7.18. The van der Waals surface area contributed by atoms with Gasteiger partial charge in [-0.25, -0.2) is 0 Å². The molecule has 0 aromatic carbocycles. The molecule has 0 spiro atoms. The highest BCUT2D eigenvalue weighted by Gasteiger charge is 2.56. The first-order chi connectivity index (χ1) is 12.5. The summed E-state index contributed by atoms with van der Waals surface area (Å²) in [4.78, 5) is 4.38. The summed E-state index contributed by atoms with van der Waals surface area (Å²) in [5, 5.41) is 10.2. The number of hydrogen-bond acceptors (Lipinski definition) is 2. The van der Waals surface area contributed by atoms with Gasteiger partial charge >= 0.3 is 0 Å². The topological polar surface area (TPSA) is 33.1 Å². The molecule has 5 rings (SSSR count). The highest BCUT2D eigenvalue weighted by Crippen LogP contribution is 2.66. The van der Waals surface area contributed by atoms with Crippen molar-refractivity contribution in [1.82, 2.24) is 4.98 Å². The maximum atomic E-state index is 10.2. The van der Waals surface area contributed by atoms with Crippen LogP contribution in [0.25, 0.3) is 5.57 Å². The second-order valence-electron chi connectivity index (χ2n) is 9.71. The second kappa shape index (κ2) is 5.79. The number of aliphatic hydroxyl groups is 1. The van der Waals surface area contributed by atoms with Gasteiger partial charge in [-0.3, -0.25) is 4.98 Å². The van der Waals surface area contributed by atoms with Crippen molar-refractivity contribution >= 4 is 5.57 Å². The Kier molecular flexibility index (Phi) is 3.73. The van der Waals surface area contributed by atoms with E-state index in [0.29, 0.717) is 10.8 Å². The Balaban J connectivity index is 1.48. The lowest BCUT2D eigenvalue weighted by molar-refractivity contribution is -0.0238. The van der Waals surface area contributed by atoms with Crippen LogP contribution < -0.4 is 0 Å². The number of allylic oxidation sites excluding steroid dienone is 3. The summed E-state index contributed by atoms with van der Waals surface area (Å²) in [6.45, 7) is 5.03. The molecule has 6 atom stereocenters. The molecule has 1 N–H and O–H groups in total. The lowest BCUT2D eigenvalue weighted by atomic mass is 9.47. The summed E-state index contributed by atoms with van der Waals surface area (Å²) in [5.74, 6) is 2.36. The van der Waals surface area contributed by atoms with E-state index in [1.165, 1.54) is 37.7 Å². The highest BCUT2D eigenvalue weighted by atomic mass is 16.3. The summed E-state index contributed by atoms with van der Waals surface area (Å²) < 4.78 is 0. The van der Waals surface area contributed by atoms with Crippen LogP contribution in [0, 0.1) is 28.6 Å². The van der Waals surface area contributed by atoms with E-state index >= 15 is 0 Å². The fraction of sp³-hybridized carbons (Fsp3) is 0.625. The third-order valence-electron chi connectivity index (χ3n) is 8.63. The van der Waals surface area contributed by atoms with E-state index in [1.54, 1.807) is 11.1 Å². The van der Waals surface area contributed by atoms with Crippen LogP contribution in [0.3, 0.4) is 0 Å². The third-order valence-corrected chi connectivity index (χ3v) is 8.63. The summed E-state index contributed by atoms with van der Waals surface area (Å²) in [5.41, 5.74) is 5.09. The Hall–Kier alpha value is -1.41. The van der Waals surface area contributed by atoms with Gasteiger partial charge in [-0.05, 0) is 90.7 Å². The van der Waals surface area contributed by atoms with Crippen LogP contribution in [0.5, 0.6) is 0 Å². The first-order valence-corrected chi connectivity index (χ1v) is 10.5. The second-order valence-corrected chi connectivity index (χ2v) is 9.71. The molecule has 4 aliphatic rings. The Morgan fingerprint density at radius 1 is 1.04 bits per heavy atom. The minimum absolute atomic E-state index is 0.106. The molecule has 26 heavy (non-hydrogen) atoms. The van der Waals surface area contributed by atoms with E-state index in [4.69, 9.17) is 0 Å². The van der Waals surface area contributed by atoms with Crippen LogP contribution in [0.4, 0.5) is 0 Å². The zero-order valence-electron chi connectivity index (χ0n) is 16.1. The van der Waals surface area contributed by atoms with Crippen LogP contribution in [-0.2, 0) is 0 Å². The van der Waals surface area contributed by atoms with Crippen molar-refractivity contribution < 1.29 is 5.11 Å². The Bertz CT molecular complexity index is 766. The molecule has 138 valence electrons. The van der Waals surface area contributed by atoms with Crippen LogP contribution >= 0.6 is 0 Å². The normalized spacial score (nSPS) is 44.4. The monoisotopic (exact) mass is 349 g/mol. The summed E-state index contributed by atoms with van der Waals surface area (Å²) in [6, 6.07) is 4.31. The SMILES string of the molecule is C[C@@]12CC[C@H](O)CC1=CC[C@@H]1[C@H]2CC[C@]2(C)C(c3cccnc3)=CC[C@@H]12. The summed E-state index contributed by atoms with van der Waals surface area (Å²) in [7, 11) is 0. The van der Waals surface area contributed by atoms with E-state index in [9.17, 15) is 5.11 Å². The van der Waals surface area contributed by atoms with Crippen LogP contribution in [0.2, 0.25) is 0 Å². The van der Waals surface area contributed by atoms with Gasteiger partial charge in [-0.15, -0.1) is 0 Å². The van der Waals surface area contributed by atoms with Crippen molar-refractivity contribution in [3.05, 3.63) is 47.8 Å². The van der Waals surface area contributed by atoms with Crippen molar-refractivity contribution in [1.29, 1.82) is 0 Å². The van der Waals surface area contributed by atoms with Crippen molar-refractivity contribution in [3.63, 3.8) is 0 Å². The largest absolute Gasteiger partial charge is 0.393 e. The van der Waals surface area contributed by atoms with E-state index in [0.717, 1.165) is 30.6 Å². The van der Waals surface area contributed by atoms with Crippen molar-refractivity contribution in [2.75, 3.05) is 0 Å². The average Bonchev–Trinajstić information content (AvgIpc) is 3.00. The average molecular weight is 350 g/mol. The van der Waals surface area contributed by atoms with Gasteiger partial charge in [0.05, 0.1) is 6.10 Å². The molecule has 0 radical (unpaired) electrons. The van der Waals surface area contributed by atoms with E-state index in [1.807, 2.05) is 12.4 Å². The van der Waals surface area contributed by atoms with Gasteiger partial charge in [-0.2, -0.15) is 0 Å². The molecule has 2 saturated carbocycles. The minimum Gasteiger partial charge on any atom is -0.393 e. The first kappa shape index (κ1) is 16.7. The number of nitrogens with zero attached hydrogens (tertiary/aromatic N) is 1. The fourth-order valence-electron chi connectivity index (χ4n) is 7.18. The smallest absolute Gasteiger partial charge is 0.0577 e. The maximum Gasteiger partial charge on any atom is 0.0577 e. The zero-order chi connectivity index (χ0) is 17.9.